The number of amides is 1. The normalized spacial score (nSPS) is 10.1. The smallest absolute Gasteiger partial charge is 0.259 e. The Labute approximate surface area is 136 Å². The summed E-state index contributed by atoms with van der Waals surface area (Å²) in [6.45, 7) is 0. The number of carbonyl (C=O) groups is 1. The predicted octanol–water partition coefficient (Wildman–Crippen LogP) is 4.37. The third kappa shape index (κ3) is 3.49. The van der Waals surface area contributed by atoms with Gasteiger partial charge in [0.15, 0.2) is 11.5 Å². The van der Waals surface area contributed by atoms with Crippen LogP contribution in [0.1, 0.15) is 10.4 Å². The van der Waals surface area contributed by atoms with Crippen molar-refractivity contribution in [3.05, 3.63) is 51.5 Å². The van der Waals surface area contributed by atoms with Crippen molar-refractivity contribution in [2.75, 3.05) is 19.5 Å². The van der Waals surface area contributed by atoms with Gasteiger partial charge in [0, 0.05) is 4.47 Å². The number of ether oxygens (including phenoxy) is 2. The van der Waals surface area contributed by atoms with Gasteiger partial charge < -0.3 is 14.8 Å². The number of hydrogen-bond acceptors (Lipinski definition) is 3. The molecule has 21 heavy (non-hydrogen) atoms. The summed E-state index contributed by atoms with van der Waals surface area (Å²) in [7, 11) is 3.01. The number of anilines is 1. The molecule has 2 aromatic carbocycles. The van der Waals surface area contributed by atoms with Crippen LogP contribution in [-0.2, 0) is 0 Å². The summed E-state index contributed by atoms with van der Waals surface area (Å²) in [5, 5.41) is 3.21. The average molecular weight is 371 g/mol. The lowest BCUT2D eigenvalue weighted by Gasteiger charge is -2.13. The van der Waals surface area contributed by atoms with Crippen molar-refractivity contribution >= 4 is 39.1 Å². The molecule has 0 atom stereocenters. The molecule has 0 fully saturated rings. The van der Waals surface area contributed by atoms with E-state index in [1.165, 1.54) is 14.2 Å². The highest BCUT2D eigenvalue weighted by atomic mass is 79.9. The molecule has 0 spiro atoms. The van der Waals surface area contributed by atoms with E-state index in [1.807, 2.05) is 0 Å². The third-order valence-corrected chi connectivity index (χ3v) is 3.65. The van der Waals surface area contributed by atoms with Crippen molar-refractivity contribution < 1.29 is 14.3 Å². The lowest BCUT2D eigenvalue weighted by molar-refractivity contribution is 0.102. The zero-order chi connectivity index (χ0) is 15.4. The van der Waals surface area contributed by atoms with E-state index >= 15 is 0 Å². The van der Waals surface area contributed by atoms with E-state index in [0.717, 1.165) is 4.47 Å². The first kappa shape index (κ1) is 15.7. The van der Waals surface area contributed by atoms with E-state index < -0.39 is 0 Å². The molecule has 6 heteroatoms. The van der Waals surface area contributed by atoms with Crippen LogP contribution in [0.3, 0.4) is 0 Å². The van der Waals surface area contributed by atoms with Crippen LogP contribution < -0.4 is 14.8 Å². The number of para-hydroxylation sites is 1. The zero-order valence-corrected chi connectivity index (χ0v) is 13.8. The molecule has 0 bridgehead atoms. The Kier molecular flexibility index (Phi) is 5.09. The SMILES string of the molecule is COc1cccc(C(=O)Nc2cc(Br)ccc2Cl)c1OC. The molecule has 0 radical (unpaired) electrons. The van der Waals surface area contributed by atoms with Gasteiger partial charge in [-0.3, -0.25) is 4.79 Å². The zero-order valence-electron chi connectivity index (χ0n) is 11.4. The van der Waals surface area contributed by atoms with E-state index in [-0.39, 0.29) is 5.91 Å². The van der Waals surface area contributed by atoms with Crippen LogP contribution in [0, 0.1) is 0 Å². The first-order chi connectivity index (χ1) is 10.1. The van der Waals surface area contributed by atoms with E-state index in [0.29, 0.717) is 27.8 Å². The van der Waals surface area contributed by atoms with Crippen LogP contribution >= 0.6 is 27.5 Å². The molecule has 0 aromatic heterocycles. The fourth-order valence-electron chi connectivity index (χ4n) is 1.85. The Morgan fingerprint density at radius 1 is 1.19 bits per heavy atom. The van der Waals surface area contributed by atoms with Crippen LogP contribution in [0.25, 0.3) is 0 Å². The second kappa shape index (κ2) is 6.83. The Morgan fingerprint density at radius 3 is 2.62 bits per heavy atom. The molecule has 0 heterocycles. The highest BCUT2D eigenvalue weighted by Crippen LogP contribution is 2.32. The summed E-state index contributed by atoms with van der Waals surface area (Å²) in [6.07, 6.45) is 0. The molecule has 0 saturated carbocycles. The predicted molar refractivity (Wildman–Crippen MR) is 86.7 cm³/mol. The maximum absolute atomic E-state index is 12.4. The van der Waals surface area contributed by atoms with Crippen molar-refractivity contribution in [1.82, 2.24) is 0 Å². The quantitative estimate of drug-likeness (QED) is 0.869. The third-order valence-electron chi connectivity index (χ3n) is 2.82. The van der Waals surface area contributed by atoms with Crippen molar-refractivity contribution in [3.63, 3.8) is 0 Å². The highest BCUT2D eigenvalue weighted by molar-refractivity contribution is 9.10. The topological polar surface area (TPSA) is 47.6 Å². The first-order valence-corrected chi connectivity index (χ1v) is 7.21. The van der Waals surface area contributed by atoms with Crippen molar-refractivity contribution in [1.29, 1.82) is 0 Å². The maximum atomic E-state index is 12.4. The van der Waals surface area contributed by atoms with Gasteiger partial charge in [-0.2, -0.15) is 0 Å². The molecular weight excluding hydrogens is 358 g/mol. The highest BCUT2D eigenvalue weighted by Gasteiger charge is 2.17. The fraction of sp³-hybridized carbons (Fsp3) is 0.133. The molecular formula is C15H13BrClNO3. The molecule has 0 aliphatic heterocycles. The minimum atomic E-state index is -0.328. The van der Waals surface area contributed by atoms with E-state index in [4.69, 9.17) is 21.1 Å². The van der Waals surface area contributed by atoms with Gasteiger partial charge in [-0.05, 0) is 30.3 Å². The Hall–Kier alpha value is -1.72. The monoisotopic (exact) mass is 369 g/mol. The number of hydrogen-bond donors (Lipinski definition) is 1. The molecule has 2 aromatic rings. The summed E-state index contributed by atoms with van der Waals surface area (Å²) >= 11 is 9.41. The van der Waals surface area contributed by atoms with Gasteiger partial charge in [-0.1, -0.05) is 33.6 Å². The first-order valence-electron chi connectivity index (χ1n) is 6.04. The lowest BCUT2D eigenvalue weighted by Crippen LogP contribution is -2.14. The van der Waals surface area contributed by atoms with Gasteiger partial charge in [0.2, 0.25) is 0 Å². The summed E-state index contributed by atoms with van der Waals surface area (Å²) in [5.41, 5.74) is 0.883. The van der Waals surface area contributed by atoms with Gasteiger partial charge in [0.25, 0.3) is 5.91 Å². The lowest BCUT2D eigenvalue weighted by atomic mass is 10.1. The summed E-state index contributed by atoms with van der Waals surface area (Å²) in [4.78, 5) is 12.4. The molecule has 110 valence electrons. The van der Waals surface area contributed by atoms with Gasteiger partial charge in [-0.15, -0.1) is 0 Å². The summed E-state index contributed by atoms with van der Waals surface area (Å²) in [6, 6.07) is 10.3. The average Bonchev–Trinajstić information content (AvgIpc) is 2.49. The molecule has 2 rings (SSSR count). The van der Waals surface area contributed by atoms with Crippen LogP contribution in [0.4, 0.5) is 5.69 Å². The molecule has 4 nitrogen and oxygen atoms in total. The Balaban J connectivity index is 2.35. The number of rotatable bonds is 4. The number of carbonyl (C=O) groups excluding carboxylic acids is 1. The minimum absolute atomic E-state index is 0.328. The van der Waals surface area contributed by atoms with Crippen LogP contribution in [0.15, 0.2) is 40.9 Å². The molecule has 1 amide bonds. The van der Waals surface area contributed by atoms with E-state index in [1.54, 1.807) is 36.4 Å². The van der Waals surface area contributed by atoms with Crippen LogP contribution in [0.5, 0.6) is 11.5 Å². The van der Waals surface area contributed by atoms with Gasteiger partial charge in [0.1, 0.15) is 0 Å². The Bertz CT molecular complexity index is 676. The van der Waals surface area contributed by atoms with E-state index in [2.05, 4.69) is 21.2 Å². The Morgan fingerprint density at radius 2 is 1.95 bits per heavy atom. The number of halogens is 2. The second-order valence-electron chi connectivity index (χ2n) is 4.12. The van der Waals surface area contributed by atoms with Crippen LogP contribution in [-0.4, -0.2) is 20.1 Å². The largest absolute Gasteiger partial charge is 0.493 e. The summed E-state index contributed by atoms with van der Waals surface area (Å²) in [5.74, 6) is 0.542. The fourth-order valence-corrected chi connectivity index (χ4v) is 2.37. The minimum Gasteiger partial charge on any atom is -0.493 e. The van der Waals surface area contributed by atoms with Crippen LogP contribution in [0.2, 0.25) is 5.02 Å². The standard InChI is InChI=1S/C15H13BrClNO3/c1-20-13-5-3-4-10(14(13)21-2)15(19)18-12-8-9(16)6-7-11(12)17/h3-8H,1-2H3,(H,18,19). The van der Waals surface area contributed by atoms with Gasteiger partial charge in [0.05, 0.1) is 30.5 Å². The second-order valence-corrected chi connectivity index (χ2v) is 5.44. The summed E-state index contributed by atoms with van der Waals surface area (Å²) < 4.78 is 11.3. The molecule has 0 unspecified atom stereocenters. The van der Waals surface area contributed by atoms with Crippen molar-refractivity contribution in [2.45, 2.75) is 0 Å². The molecule has 0 aliphatic rings. The molecule has 0 saturated heterocycles. The number of benzene rings is 2. The van der Waals surface area contributed by atoms with Gasteiger partial charge in [-0.25, -0.2) is 0 Å². The molecule has 0 aliphatic carbocycles. The van der Waals surface area contributed by atoms with E-state index in [9.17, 15) is 4.79 Å². The molecule has 1 N–H and O–H groups in total. The van der Waals surface area contributed by atoms with Gasteiger partial charge >= 0.3 is 0 Å². The number of methoxy groups -OCH3 is 2. The number of nitrogens with one attached hydrogen (secondary N) is 1. The maximum Gasteiger partial charge on any atom is 0.259 e. The van der Waals surface area contributed by atoms with Crippen molar-refractivity contribution in [2.24, 2.45) is 0 Å². The van der Waals surface area contributed by atoms with Crippen molar-refractivity contribution in [3.8, 4) is 11.5 Å².